The molecule has 4 aromatic carbocycles. The summed E-state index contributed by atoms with van der Waals surface area (Å²) in [6.45, 7) is 2.08. The average Bonchev–Trinajstić information content (AvgIpc) is 3.44. The lowest BCUT2D eigenvalue weighted by Gasteiger charge is -2.27. The Bertz CT molecular complexity index is 2310. The fourth-order valence-corrected chi connectivity index (χ4v) is 7.43. The molecular weight excluding hydrogens is 753 g/mol. The molecule has 0 fully saturated rings. The fourth-order valence-electron chi connectivity index (χ4n) is 5.65. The normalized spacial score (nSPS) is 14.0. The van der Waals surface area contributed by atoms with E-state index < -0.39 is 12.0 Å². The van der Waals surface area contributed by atoms with Gasteiger partial charge in [0, 0.05) is 16.7 Å². The zero-order chi connectivity index (χ0) is 34.5. The molecule has 246 valence electrons. The van der Waals surface area contributed by atoms with Crippen LogP contribution in [0.5, 0.6) is 17.2 Å². The van der Waals surface area contributed by atoms with E-state index in [1.54, 1.807) is 50.0 Å². The van der Waals surface area contributed by atoms with Gasteiger partial charge >= 0.3 is 5.97 Å². The van der Waals surface area contributed by atoms with E-state index in [2.05, 4.69) is 28.7 Å². The van der Waals surface area contributed by atoms with Crippen molar-refractivity contribution in [2.24, 2.45) is 4.99 Å². The third-order valence-electron chi connectivity index (χ3n) is 7.87. The molecule has 9 nitrogen and oxygen atoms in total. The van der Waals surface area contributed by atoms with Crippen LogP contribution in [0.1, 0.15) is 40.8 Å². The predicted octanol–water partition coefficient (Wildman–Crippen LogP) is 6.01. The molecule has 0 amide bonds. The highest BCUT2D eigenvalue weighted by Crippen LogP contribution is 2.39. The SMILES string of the molecule is CCOC(=O)C1=C(c2ccccc2)N=c2s/c(=C/c3cc(I)c(OCc4ccccc4C#N)c(OC)c3)c(=O)n2C1c1ccccc1OC. The third-order valence-corrected chi connectivity index (χ3v) is 9.65. The lowest BCUT2D eigenvalue weighted by molar-refractivity contribution is -0.138. The first-order valence-corrected chi connectivity index (χ1v) is 17.2. The summed E-state index contributed by atoms with van der Waals surface area (Å²) < 4.78 is 25.8. The summed E-state index contributed by atoms with van der Waals surface area (Å²) >= 11 is 3.39. The van der Waals surface area contributed by atoms with E-state index in [-0.39, 0.29) is 24.3 Å². The molecular formula is C38H30IN3O6S. The smallest absolute Gasteiger partial charge is 0.338 e. The molecule has 0 aliphatic carbocycles. The number of fused-ring (bicyclic) bond motifs is 1. The van der Waals surface area contributed by atoms with Gasteiger partial charge in [0.2, 0.25) is 0 Å². The van der Waals surface area contributed by atoms with Crippen LogP contribution >= 0.6 is 33.9 Å². The van der Waals surface area contributed by atoms with Gasteiger partial charge in [-0.25, -0.2) is 9.79 Å². The van der Waals surface area contributed by atoms with Crippen LogP contribution in [0.25, 0.3) is 11.8 Å². The van der Waals surface area contributed by atoms with E-state index in [0.717, 1.165) is 14.7 Å². The van der Waals surface area contributed by atoms with Crippen LogP contribution in [0.2, 0.25) is 0 Å². The molecule has 1 unspecified atom stereocenters. The number of esters is 1. The number of hydrogen-bond donors (Lipinski definition) is 0. The molecule has 0 bridgehead atoms. The monoisotopic (exact) mass is 783 g/mol. The Morgan fingerprint density at radius 3 is 2.45 bits per heavy atom. The van der Waals surface area contributed by atoms with Crippen molar-refractivity contribution in [1.29, 1.82) is 5.26 Å². The van der Waals surface area contributed by atoms with Crippen LogP contribution in [0.4, 0.5) is 0 Å². The predicted molar refractivity (Wildman–Crippen MR) is 195 cm³/mol. The zero-order valence-electron chi connectivity index (χ0n) is 26.8. The van der Waals surface area contributed by atoms with E-state index in [4.69, 9.17) is 23.9 Å². The van der Waals surface area contributed by atoms with Gasteiger partial charge in [0.25, 0.3) is 5.56 Å². The molecule has 1 aliphatic heterocycles. The second-order valence-electron chi connectivity index (χ2n) is 10.8. The maximum Gasteiger partial charge on any atom is 0.338 e. The van der Waals surface area contributed by atoms with Crippen molar-refractivity contribution in [2.45, 2.75) is 19.6 Å². The quantitative estimate of drug-likeness (QED) is 0.126. The number of halogens is 1. The average molecular weight is 784 g/mol. The van der Waals surface area contributed by atoms with Crippen molar-refractivity contribution in [3.05, 3.63) is 148 Å². The summed E-state index contributed by atoms with van der Waals surface area (Å²) in [7, 11) is 3.10. The highest BCUT2D eigenvalue weighted by molar-refractivity contribution is 14.1. The molecule has 1 aromatic heterocycles. The van der Waals surface area contributed by atoms with Gasteiger partial charge in [-0.3, -0.25) is 9.36 Å². The second kappa shape index (κ2) is 14.9. The number of carbonyl (C=O) groups is 1. The summed E-state index contributed by atoms with van der Waals surface area (Å²) in [5.74, 6) is 0.952. The Morgan fingerprint density at radius 1 is 1.00 bits per heavy atom. The number of thiazole rings is 1. The van der Waals surface area contributed by atoms with E-state index in [1.165, 1.54) is 11.3 Å². The molecule has 1 aliphatic rings. The summed E-state index contributed by atoms with van der Waals surface area (Å²) in [5.41, 5.74) is 3.70. The zero-order valence-corrected chi connectivity index (χ0v) is 29.8. The first-order chi connectivity index (χ1) is 23.9. The largest absolute Gasteiger partial charge is 0.496 e. The van der Waals surface area contributed by atoms with Crippen molar-refractivity contribution in [3.63, 3.8) is 0 Å². The van der Waals surface area contributed by atoms with Gasteiger partial charge in [0.05, 0.1) is 51.8 Å². The van der Waals surface area contributed by atoms with Gasteiger partial charge < -0.3 is 18.9 Å². The summed E-state index contributed by atoms with van der Waals surface area (Å²) in [6, 6.07) is 29.0. The van der Waals surface area contributed by atoms with E-state index >= 15 is 0 Å². The lowest BCUT2D eigenvalue weighted by Crippen LogP contribution is -2.40. The highest BCUT2D eigenvalue weighted by Gasteiger charge is 2.36. The maximum atomic E-state index is 14.4. The van der Waals surface area contributed by atoms with Gasteiger partial charge in [0.1, 0.15) is 18.4 Å². The van der Waals surface area contributed by atoms with Crippen LogP contribution in [-0.4, -0.2) is 31.4 Å². The van der Waals surface area contributed by atoms with E-state index in [9.17, 15) is 14.9 Å². The first-order valence-electron chi connectivity index (χ1n) is 15.3. The lowest BCUT2D eigenvalue weighted by atomic mass is 9.92. The van der Waals surface area contributed by atoms with Gasteiger partial charge in [-0.05, 0) is 65.4 Å². The Morgan fingerprint density at radius 2 is 1.71 bits per heavy atom. The van der Waals surface area contributed by atoms with Crippen LogP contribution in [-0.2, 0) is 16.1 Å². The fraction of sp³-hybridized carbons (Fsp3) is 0.158. The molecule has 0 spiro atoms. The number of benzene rings is 4. The summed E-state index contributed by atoms with van der Waals surface area (Å²) in [4.78, 5) is 33.5. The minimum atomic E-state index is -0.870. The molecule has 0 radical (unpaired) electrons. The van der Waals surface area contributed by atoms with Crippen molar-refractivity contribution < 1.29 is 23.7 Å². The molecule has 6 rings (SSSR count). The van der Waals surface area contributed by atoms with E-state index in [0.29, 0.717) is 49.0 Å². The molecule has 1 atom stereocenters. The summed E-state index contributed by atoms with van der Waals surface area (Å²) in [6.07, 6.45) is 1.78. The Balaban J connectivity index is 1.51. The molecule has 0 N–H and O–H groups in total. The summed E-state index contributed by atoms with van der Waals surface area (Å²) in [5, 5.41) is 9.48. The van der Waals surface area contributed by atoms with Gasteiger partial charge in [-0.1, -0.05) is 78.1 Å². The molecule has 5 aromatic rings. The number of ether oxygens (including phenoxy) is 4. The van der Waals surface area contributed by atoms with Crippen molar-refractivity contribution >= 4 is 51.7 Å². The van der Waals surface area contributed by atoms with Crippen molar-refractivity contribution in [3.8, 4) is 23.3 Å². The van der Waals surface area contributed by atoms with Gasteiger partial charge in [-0.2, -0.15) is 5.26 Å². The van der Waals surface area contributed by atoms with Crippen LogP contribution in [0.15, 0.2) is 106 Å². The number of para-hydroxylation sites is 1. The number of hydrogen-bond acceptors (Lipinski definition) is 9. The Hall–Kier alpha value is -5.19. The number of nitrogens with zero attached hydrogens (tertiary/aromatic N) is 3. The highest BCUT2D eigenvalue weighted by atomic mass is 127. The van der Waals surface area contributed by atoms with E-state index in [1.807, 2.05) is 72.8 Å². The topological polar surface area (TPSA) is 112 Å². The molecule has 0 saturated heterocycles. The molecule has 49 heavy (non-hydrogen) atoms. The number of methoxy groups -OCH3 is 2. The molecule has 0 saturated carbocycles. The standard InChI is InChI=1S/C38H30IN3O6S/c1-4-47-37(44)32-33(24-12-6-5-7-13-24)41-38-42(34(32)27-16-10-11-17-29(27)45-2)36(43)31(49-38)20-23-18-28(39)35(30(19-23)46-3)48-22-26-15-9-8-14-25(26)21-40/h5-20,34H,4,22H2,1-3H3/b31-20+. The minimum Gasteiger partial charge on any atom is -0.496 e. The number of aromatic nitrogens is 1. The maximum absolute atomic E-state index is 14.4. The molecule has 11 heteroatoms. The van der Waals surface area contributed by atoms with Gasteiger partial charge in [-0.15, -0.1) is 0 Å². The van der Waals surface area contributed by atoms with Crippen LogP contribution < -0.4 is 29.1 Å². The number of carbonyl (C=O) groups excluding carboxylic acids is 1. The number of nitriles is 1. The van der Waals surface area contributed by atoms with Crippen molar-refractivity contribution in [1.82, 2.24) is 4.57 Å². The van der Waals surface area contributed by atoms with Gasteiger partial charge in [0.15, 0.2) is 16.3 Å². The number of rotatable bonds is 10. The Labute approximate surface area is 300 Å². The first kappa shape index (κ1) is 33.7. The third kappa shape index (κ3) is 6.75. The van der Waals surface area contributed by atoms with Crippen molar-refractivity contribution in [2.75, 3.05) is 20.8 Å². The van der Waals surface area contributed by atoms with Crippen LogP contribution in [0.3, 0.4) is 0 Å². The molecule has 2 heterocycles. The second-order valence-corrected chi connectivity index (χ2v) is 12.9. The minimum absolute atomic E-state index is 0.151. The Kier molecular flexibility index (Phi) is 10.3. The van der Waals surface area contributed by atoms with Crippen LogP contribution in [0, 0.1) is 14.9 Å².